The number of pyridine rings is 1. The number of hydrogen-bond acceptors (Lipinski definition) is 3. The number of carbonyl (C=O) groups excluding carboxylic acids is 1. The maximum Gasteiger partial charge on any atom is 0.159 e. The number of ketones is 1. The Morgan fingerprint density at radius 2 is 2.40 bits per heavy atom. The molecule has 0 bridgehead atoms. The lowest BCUT2D eigenvalue weighted by Gasteiger charge is -2.06. The first-order valence-corrected chi connectivity index (χ1v) is 5.08. The Morgan fingerprint density at radius 3 is 2.87 bits per heavy atom. The Kier molecular flexibility index (Phi) is 2.51. The Balaban J connectivity index is 2.19. The van der Waals surface area contributed by atoms with Crippen LogP contribution in [0.4, 0.5) is 0 Å². The lowest BCUT2D eigenvalue weighted by atomic mass is 9.97. The van der Waals surface area contributed by atoms with Gasteiger partial charge in [-0.3, -0.25) is 9.78 Å². The van der Waals surface area contributed by atoms with Gasteiger partial charge in [0, 0.05) is 12.1 Å². The highest BCUT2D eigenvalue weighted by molar-refractivity contribution is 5.91. The Labute approximate surface area is 88.8 Å². The molecule has 3 heteroatoms. The smallest absolute Gasteiger partial charge is 0.159 e. The lowest BCUT2D eigenvalue weighted by molar-refractivity contribution is -0.120. The number of aromatic nitrogens is 1. The van der Waals surface area contributed by atoms with E-state index in [-0.39, 0.29) is 11.7 Å². The van der Waals surface area contributed by atoms with Crippen molar-refractivity contribution in [1.29, 1.82) is 5.26 Å². The van der Waals surface area contributed by atoms with Crippen LogP contribution in [0, 0.1) is 23.2 Å². The molecule has 1 aliphatic carbocycles. The minimum atomic E-state index is -0.679. The summed E-state index contributed by atoms with van der Waals surface area (Å²) in [7, 11) is 0. The number of rotatable bonds is 3. The molecule has 1 aliphatic rings. The van der Waals surface area contributed by atoms with E-state index in [1.807, 2.05) is 13.0 Å². The van der Waals surface area contributed by atoms with Crippen LogP contribution in [0.5, 0.6) is 0 Å². The molecule has 3 unspecified atom stereocenters. The van der Waals surface area contributed by atoms with E-state index < -0.39 is 5.92 Å². The van der Waals surface area contributed by atoms with E-state index >= 15 is 0 Å². The second-order valence-corrected chi connectivity index (χ2v) is 4.04. The molecule has 1 saturated carbocycles. The fourth-order valence-electron chi connectivity index (χ4n) is 1.75. The third kappa shape index (κ3) is 1.89. The van der Waals surface area contributed by atoms with Crippen LogP contribution >= 0.6 is 0 Å². The topological polar surface area (TPSA) is 53.8 Å². The summed E-state index contributed by atoms with van der Waals surface area (Å²) in [5, 5.41) is 9.00. The van der Waals surface area contributed by atoms with Crippen molar-refractivity contribution in [2.75, 3.05) is 0 Å². The lowest BCUT2D eigenvalue weighted by Crippen LogP contribution is -2.14. The number of nitrogens with zero attached hydrogens (tertiary/aromatic N) is 2. The molecule has 1 aromatic rings. The van der Waals surface area contributed by atoms with Gasteiger partial charge in [0.2, 0.25) is 0 Å². The van der Waals surface area contributed by atoms with Crippen molar-refractivity contribution >= 4 is 5.78 Å². The van der Waals surface area contributed by atoms with Gasteiger partial charge in [-0.05, 0) is 24.5 Å². The summed E-state index contributed by atoms with van der Waals surface area (Å²) in [6.07, 6.45) is 2.53. The van der Waals surface area contributed by atoms with E-state index in [0.29, 0.717) is 11.6 Å². The molecular weight excluding hydrogens is 188 g/mol. The number of carbonyl (C=O) groups is 1. The standard InChI is InChI=1S/C12H12N2O/c1-8-6-9(8)12(15)10(7-13)11-4-2-3-5-14-11/h2-5,8-10H,6H2,1H3. The second kappa shape index (κ2) is 3.82. The zero-order chi connectivity index (χ0) is 10.8. The van der Waals surface area contributed by atoms with Crippen molar-refractivity contribution < 1.29 is 4.79 Å². The molecule has 3 nitrogen and oxygen atoms in total. The molecule has 0 N–H and O–H groups in total. The van der Waals surface area contributed by atoms with Gasteiger partial charge in [0.1, 0.15) is 5.92 Å². The number of hydrogen-bond donors (Lipinski definition) is 0. The van der Waals surface area contributed by atoms with E-state index in [1.165, 1.54) is 0 Å². The quantitative estimate of drug-likeness (QED) is 0.748. The maximum atomic E-state index is 11.9. The SMILES string of the molecule is CC1CC1C(=O)C(C#N)c1ccccn1. The molecule has 1 aromatic heterocycles. The molecule has 3 atom stereocenters. The summed E-state index contributed by atoms with van der Waals surface area (Å²) in [4.78, 5) is 15.9. The summed E-state index contributed by atoms with van der Waals surface area (Å²) in [6, 6.07) is 7.36. The van der Waals surface area contributed by atoms with Crippen molar-refractivity contribution in [1.82, 2.24) is 4.98 Å². The van der Waals surface area contributed by atoms with E-state index in [0.717, 1.165) is 6.42 Å². The molecule has 1 heterocycles. The third-order valence-electron chi connectivity index (χ3n) is 2.87. The van der Waals surface area contributed by atoms with E-state index in [1.54, 1.807) is 24.4 Å². The van der Waals surface area contributed by atoms with E-state index in [2.05, 4.69) is 4.98 Å². The van der Waals surface area contributed by atoms with Gasteiger partial charge in [-0.25, -0.2) is 0 Å². The zero-order valence-corrected chi connectivity index (χ0v) is 8.55. The normalized spacial score (nSPS) is 25.3. The third-order valence-corrected chi connectivity index (χ3v) is 2.87. The molecule has 0 spiro atoms. The molecule has 2 rings (SSSR count). The molecule has 15 heavy (non-hydrogen) atoms. The number of nitriles is 1. The molecule has 0 amide bonds. The van der Waals surface area contributed by atoms with Gasteiger partial charge in [0.05, 0.1) is 11.8 Å². The highest BCUT2D eigenvalue weighted by atomic mass is 16.1. The van der Waals surface area contributed by atoms with Crippen LogP contribution in [-0.4, -0.2) is 10.8 Å². The predicted molar refractivity (Wildman–Crippen MR) is 54.9 cm³/mol. The van der Waals surface area contributed by atoms with Crippen LogP contribution < -0.4 is 0 Å². The molecule has 0 saturated heterocycles. The van der Waals surface area contributed by atoms with Gasteiger partial charge < -0.3 is 0 Å². The van der Waals surface area contributed by atoms with Crippen LogP contribution in [0.15, 0.2) is 24.4 Å². The van der Waals surface area contributed by atoms with Crippen molar-refractivity contribution in [2.24, 2.45) is 11.8 Å². The highest BCUT2D eigenvalue weighted by Gasteiger charge is 2.42. The van der Waals surface area contributed by atoms with Gasteiger partial charge >= 0.3 is 0 Å². The fourth-order valence-corrected chi connectivity index (χ4v) is 1.75. The first kappa shape index (κ1) is 9.85. The molecular formula is C12H12N2O. The molecule has 0 radical (unpaired) electrons. The summed E-state index contributed by atoms with van der Waals surface area (Å²) < 4.78 is 0. The van der Waals surface area contributed by atoms with Crippen LogP contribution in [-0.2, 0) is 4.79 Å². The molecule has 0 aliphatic heterocycles. The Morgan fingerprint density at radius 1 is 1.67 bits per heavy atom. The molecule has 0 aromatic carbocycles. The minimum absolute atomic E-state index is 0.0312. The molecule has 76 valence electrons. The predicted octanol–water partition coefficient (Wildman–Crippen LogP) is 1.91. The first-order valence-electron chi connectivity index (χ1n) is 5.08. The van der Waals surface area contributed by atoms with Crippen molar-refractivity contribution in [2.45, 2.75) is 19.3 Å². The van der Waals surface area contributed by atoms with E-state index in [9.17, 15) is 4.79 Å². The van der Waals surface area contributed by atoms with Crippen molar-refractivity contribution in [3.8, 4) is 6.07 Å². The highest BCUT2D eigenvalue weighted by Crippen LogP contribution is 2.41. The van der Waals surface area contributed by atoms with Crippen molar-refractivity contribution in [3.05, 3.63) is 30.1 Å². The van der Waals surface area contributed by atoms with Crippen LogP contribution in [0.3, 0.4) is 0 Å². The summed E-state index contributed by atoms with van der Waals surface area (Å²) in [5.41, 5.74) is 0.573. The van der Waals surface area contributed by atoms with Crippen molar-refractivity contribution in [3.63, 3.8) is 0 Å². The van der Waals surface area contributed by atoms with Gasteiger partial charge in [0.15, 0.2) is 5.78 Å². The van der Waals surface area contributed by atoms with Gasteiger partial charge in [-0.15, -0.1) is 0 Å². The summed E-state index contributed by atoms with van der Waals surface area (Å²) in [6.45, 7) is 2.04. The average Bonchev–Trinajstić information content (AvgIpc) is 2.98. The summed E-state index contributed by atoms with van der Waals surface area (Å²) in [5.74, 6) is -0.126. The van der Waals surface area contributed by atoms with Crippen LogP contribution in [0.25, 0.3) is 0 Å². The first-order chi connectivity index (χ1) is 7.24. The second-order valence-electron chi connectivity index (χ2n) is 4.04. The summed E-state index contributed by atoms with van der Waals surface area (Å²) >= 11 is 0. The van der Waals surface area contributed by atoms with Gasteiger partial charge in [0.25, 0.3) is 0 Å². The Hall–Kier alpha value is -1.69. The zero-order valence-electron chi connectivity index (χ0n) is 8.55. The van der Waals surface area contributed by atoms with Crippen LogP contribution in [0.2, 0.25) is 0 Å². The minimum Gasteiger partial charge on any atom is -0.297 e. The largest absolute Gasteiger partial charge is 0.297 e. The van der Waals surface area contributed by atoms with E-state index in [4.69, 9.17) is 5.26 Å². The van der Waals surface area contributed by atoms with Gasteiger partial charge in [-0.1, -0.05) is 13.0 Å². The maximum absolute atomic E-state index is 11.9. The van der Waals surface area contributed by atoms with Gasteiger partial charge in [-0.2, -0.15) is 5.26 Å². The van der Waals surface area contributed by atoms with Crippen LogP contribution in [0.1, 0.15) is 25.0 Å². The molecule has 1 fully saturated rings. The average molecular weight is 200 g/mol. The monoisotopic (exact) mass is 200 g/mol. The Bertz CT molecular complexity index is 407. The number of Topliss-reactive ketones (excluding diaryl/α,β-unsaturated/α-hetero) is 1. The fraction of sp³-hybridized carbons (Fsp3) is 0.417.